The minimum Gasteiger partial charge on any atom is -0.494 e. The van der Waals surface area contributed by atoms with Gasteiger partial charge in [-0.15, -0.1) is 11.8 Å². The molecular weight excluding hydrogens is 284 g/mol. The average molecular weight is 308 g/mol. The predicted molar refractivity (Wildman–Crippen MR) is 89.9 cm³/mol. The van der Waals surface area contributed by atoms with E-state index in [1.807, 2.05) is 0 Å². The van der Waals surface area contributed by atoms with E-state index >= 15 is 0 Å². The topological polar surface area (TPSA) is 64.3 Å². The third-order valence-corrected chi connectivity index (χ3v) is 5.17. The zero-order chi connectivity index (χ0) is 15.2. The summed E-state index contributed by atoms with van der Waals surface area (Å²) in [4.78, 5) is 12.1. The first-order valence-corrected chi connectivity index (χ1v) is 8.48. The number of nitrogens with two attached hydrogens (primary N) is 1. The largest absolute Gasteiger partial charge is 0.494 e. The number of hydrogen-bond donors (Lipinski definition) is 2. The Hall–Kier alpha value is -1.36. The van der Waals surface area contributed by atoms with E-state index in [-0.39, 0.29) is 5.91 Å². The summed E-state index contributed by atoms with van der Waals surface area (Å²) in [7, 11) is 1.57. The predicted octanol–water partition coefficient (Wildman–Crippen LogP) is 3.53. The van der Waals surface area contributed by atoms with Gasteiger partial charge in [-0.2, -0.15) is 0 Å². The molecule has 2 unspecified atom stereocenters. The van der Waals surface area contributed by atoms with Crippen molar-refractivity contribution in [1.82, 2.24) is 0 Å². The number of nitrogen functional groups attached to an aromatic ring is 1. The van der Waals surface area contributed by atoms with Crippen LogP contribution in [-0.4, -0.2) is 24.0 Å². The van der Waals surface area contributed by atoms with Crippen molar-refractivity contribution in [1.29, 1.82) is 0 Å². The molecule has 0 spiro atoms. The number of hydrogen-bond acceptors (Lipinski definition) is 4. The van der Waals surface area contributed by atoms with E-state index < -0.39 is 0 Å². The fourth-order valence-corrected chi connectivity index (χ4v) is 3.98. The van der Waals surface area contributed by atoms with Crippen molar-refractivity contribution in [3.05, 3.63) is 18.2 Å². The average Bonchev–Trinajstić information content (AvgIpc) is 2.47. The molecule has 116 valence electrons. The van der Waals surface area contributed by atoms with Gasteiger partial charge in [0.15, 0.2) is 0 Å². The molecule has 5 heteroatoms. The van der Waals surface area contributed by atoms with Gasteiger partial charge >= 0.3 is 0 Å². The number of amides is 1. The molecule has 1 saturated carbocycles. The number of methoxy groups -OCH3 is 1. The van der Waals surface area contributed by atoms with Crippen LogP contribution in [0.2, 0.25) is 0 Å². The summed E-state index contributed by atoms with van der Waals surface area (Å²) in [6, 6.07) is 5.25. The lowest BCUT2D eigenvalue weighted by Crippen LogP contribution is -2.20. The summed E-state index contributed by atoms with van der Waals surface area (Å²) >= 11 is 1.77. The molecule has 3 N–H and O–H groups in total. The summed E-state index contributed by atoms with van der Waals surface area (Å²) in [6.45, 7) is 2.30. The molecule has 0 bridgehead atoms. The molecule has 0 radical (unpaired) electrons. The van der Waals surface area contributed by atoms with Crippen LogP contribution in [0.15, 0.2) is 18.2 Å². The van der Waals surface area contributed by atoms with Crippen molar-refractivity contribution in [2.45, 2.75) is 37.9 Å². The van der Waals surface area contributed by atoms with Gasteiger partial charge in [0.1, 0.15) is 5.75 Å². The Morgan fingerprint density at radius 2 is 2.29 bits per heavy atom. The van der Waals surface area contributed by atoms with Gasteiger partial charge in [0.25, 0.3) is 0 Å². The summed E-state index contributed by atoms with van der Waals surface area (Å²) in [5, 5.41) is 3.52. The monoisotopic (exact) mass is 308 g/mol. The lowest BCUT2D eigenvalue weighted by molar-refractivity contribution is -0.113. The SMILES string of the molecule is COc1cc(N)ccc1NC(=O)CSC1CCCC(C)C1. The van der Waals surface area contributed by atoms with Gasteiger partial charge in [0.2, 0.25) is 5.91 Å². The highest BCUT2D eigenvalue weighted by atomic mass is 32.2. The first-order chi connectivity index (χ1) is 10.1. The van der Waals surface area contributed by atoms with Crippen LogP contribution in [0.4, 0.5) is 11.4 Å². The number of anilines is 2. The number of carbonyl (C=O) groups excluding carboxylic acids is 1. The first kappa shape index (κ1) is 16.0. The summed E-state index contributed by atoms with van der Waals surface area (Å²) in [6.07, 6.45) is 5.06. The van der Waals surface area contributed by atoms with Gasteiger partial charge in [0.05, 0.1) is 18.6 Å². The van der Waals surface area contributed by atoms with Crippen LogP contribution in [0, 0.1) is 5.92 Å². The molecule has 1 aromatic carbocycles. The van der Waals surface area contributed by atoms with Crippen LogP contribution < -0.4 is 15.8 Å². The van der Waals surface area contributed by atoms with E-state index in [0.717, 1.165) is 5.92 Å². The molecule has 2 rings (SSSR count). The fourth-order valence-electron chi connectivity index (χ4n) is 2.72. The number of nitrogens with one attached hydrogen (secondary N) is 1. The third-order valence-electron chi connectivity index (χ3n) is 3.84. The van der Waals surface area contributed by atoms with Crippen molar-refractivity contribution in [3.8, 4) is 5.75 Å². The number of rotatable bonds is 5. The minimum absolute atomic E-state index is 0.0151. The van der Waals surface area contributed by atoms with Gasteiger partial charge in [-0.25, -0.2) is 0 Å². The Labute approximate surface area is 130 Å². The first-order valence-electron chi connectivity index (χ1n) is 7.43. The molecule has 21 heavy (non-hydrogen) atoms. The van der Waals surface area contributed by atoms with E-state index in [1.54, 1.807) is 37.1 Å². The fraction of sp³-hybridized carbons (Fsp3) is 0.562. The van der Waals surface area contributed by atoms with Crippen molar-refractivity contribution in [2.24, 2.45) is 5.92 Å². The summed E-state index contributed by atoms with van der Waals surface area (Å²) in [5.41, 5.74) is 7.00. The van der Waals surface area contributed by atoms with Gasteiger partial charge in [-0.3, -0.25) is 4.79 Å². The zero-order valence-electron chi connectivity index (χ0n) is 12.7. The lowest BCUT2D eigenvalue weighted by Gasteiger charge is -2.26. The van der Waals surface area contributed by atoms with Crippen molar-refractivity contribution in [3.63, 3.8) is 0 Å². The maximum Gasteiger partial charge on any atom is 0.234 e. The molecule has 1 aliphatic rings. The second kappa shape index (κ2) is 7.59. The molecule has 0 aliphatic heterocycles. The standard InChI is InChI=1S/C16H24N2O2S/c1-11-4-3-5-13(8-11)21-10-16(19)18-14-7-6-12(17)9-15(14)20-2/h6-7,9,11,13H,3-5,8,10,17H2,1-2H3,(H,18,19). The Morgan fingerprint density at radius 3 is 3.00 bits per heavy atom. The number of thioether (sulfide) groups is 1. The van der Waals surface area contributed by atoms with E-state index in [2.05, 4.69) is 12.2 Å². The molecule has 1 amide bonds. The van der Waals surface area contributed by atoms with Crippen LogP contribution in [0.3, 0.4) is 0 Å². The van der Waals surface area contributed by atoms with E-state index in [1.165, 1.54) is 25.7 Å². The van der Waals surface area contributed by atoms with Crippen LogP contribution in [0.1, 0.15) is 32.6 Å². The maximum absolute atomic E-state index is 12.1. The molecule has 0 aromatic heterocycles. The zero-order valence-corrected chi connectivity index (χ0v) is 13.5. The molecule has 0 heterocycles. The van der Waals surface area contributed by atoms with Crippen molar-refractivity contribution in [2.75, 3.05) is 23.9 Å². The highest BCUT2D eigenvalue weighted by Gasteiger charge is 2.20. The summed E-state index contributed by atoms with van der Waals surface area (Å²) < 4.78 is 5.23. The van der Waals surface area contributed by atoms with Gasteiger partial charge in [-0.1, -0.05) is 19.8 Å². The third kappa shape index (κ3) is 4.84. The van der Waals surface area contributed by atoms with E-state index in [9.17, 15) is 4.79 Å². The molecule has 1 aromatic rings. The van der Waals surface area contributed by atoms with Crippen LogP contribution in [-0.2, 0) is 4.79 Å². The van der Waals surface area contributed by atoms with E-state index in [0.29, 0.717) is 28.1 Å². The number of ether oxygens (including phenoxy) is 1. The van der Waals surface area contributed by atoms with Crippen LogP contribution in [0.25, 0.3) is 0 Å². The van der Waals surface area contributed by atoms with E-state index in [4.69, 9.17) is 10.5 Å². The van der Waals surface area contributed by atoms with Gasteiger partial charge in [-0.05, 0) is 30.9 Å². The second-order valence-corrected chi connectivity index (χ2v) is 7.00. The Kier molecular flexibility index (Phi) is 5.79. The maximum atomic E-state index is 12.1. The Balaban J connectivity index is 1.84. The highest BCUT2D eigenvalue weighted by molar-refractivity contribution is 8.00. The number of benzene rings is 1. The van der Waals surface area contributed by atoms with Gasteiger partial charge in [0, 0.05) is 17.0 Å². The number of carbonyl (C=O) groups is 1. The van der Waals surface area contributed by atoms with Crippen molar-refractivity contribution >= 4 is 29.0 Å². The van der Waals surface area contributed by atoms with Gasteiger partial charge < -0.3 is 15.8 Å². The normalized spacial score (nSPS) is 21.8. The lowest BCUT2D eigenvalue weighted by atomic mass is 9.91. The quantitative estimate of drug-likeness (QED) is 0.817. The van der Waals surface area contributed by atoms with Crippen LogP contribution >= 0.6 is 11.8 Å². The molecule has 1 aliphatic carbocycles. The molecular formula is C16H24N2O2S. The Bertz CT molecular complexity index is 493. The second-order valence-electron chi connectivity index (χ2n) is 5.71. The highest BCUT2D eigenvalue weighted by Crippen LogP contribution is 2.32. The van der Waals surface area contributed by atoms with Crippen molar-refractivity contribution < 1.29 is 9.53 Å². The molecule has 0 saturated heterocycles. The molecule has 1 fully saturated rings. The molecule has 2 atom stereocenters. The smallest absolute Gasteiger partial charge is 0.234 e. The molecule has 4 nitrogen and oxygen atoms in total. The van der Waals surface area contributed by atoms with Crippen LogP contribution in [0.5, 0.6) is 5.75 Å². The summed E-state index contributed by atoms with van der Waals surface area (Å²) in [5.74, 6) is 1.89. The Morgan fingerprint density at radius 1 is 1.48 bits per heavy atom. The minimum atomic E-state index is 0.0151.